The Kier molecular flexibility index (Phi) is 6.28. The summed E-state index contributed by atoms with van der Waals surface area (Å²) in [6.07, 6.45) is 1.27. The number of rotatable bonds is 1. The summed E-state index contributed by atoms with van der Waals surface area (Å²) in [5, 5.41) is 3.17. The number of hydrogen-bond acceptors (Lipinski definition) is 4. The molecule has 1 atom stereocenters. The van der Waals surface area contributed by atoms with Crippen molar-refractivity contribution < 1.29 is 22.3 Å². The molecular weight excluding hydrogens is 374 g/mol. The second-order valence-corrected chi connectivity index (χ2v) is 10.8. The third-order valence-corrected chi connectivity index (χ3v) is 1.21. The normalized spacial score (nSPS) is 24.6. The van der Waals surface area contributed by atoms with Gasteiger partial charge in [-0.2, -0.15) is 0 Å². The van der Waals surface area contributed by atoms with E-state index in [9.17, 15) is 0 Å². The van der Waals surface area contributed by atoms with Crippen molar-refractivity contribution in [3.63, 3.8) is 0 Å². The van der Waals surface area contributed by atoms with Crippen LogP contribution < -0.4 is 11.1 Å². The predicted octanol–water partition coefficient (Wildman–Crippen LogP) is -0.430. The van der Waals surface area contributed by atoms with Gasteiger partial charge < -0.3 is 11.1 Å². The molecule has 7 heteroatoms. The first-order valence-electron chi connectivity index (χ1n) is 2.89. The summed E-state index contributed by atoms with van der Waals surface area (Å²) in [5.74, 6) is 0. The third-order valence-electron chi connectivity index (χ3n) is 1.21. The first kappa shape index (κ1) is 12.1. The third kappa shape index (κ3) is 11.1. The molecule has 0 radical (unpaired) electrons. The van der Waals surface area contributed by atoms with Crippen LogP contribution in [0.15, 0.2) is 0 Å². The van der Waals surface area contributed by atoms with Gasteiger partial charge in [-0.1, -0.05) is 0 Å². The summed E-state index contributed by atoms with van der Waals surface area (Å²) in [7, 11) is 9.17. The number of hydrogen-bond donors (Lipinski definition) is 4. The molecule has 1 aliphatic heterocycles. The fourth-order valence-corrected chi connectivity index (χ4v) is 0.550. The topological polar surface area (TPSA) is 78.5 Å². The predicted molar refractivity (Wildman–Crippen MR) is 41.6 cm³/mol. The van der Waals surface area contributed by atoms with Crippen molar-refractivity contribution in [1.29, 1.82) is 0 Å². The van der Waals surface area contributed by atoms with Crippen molar-refractivity contribution in [3.8, 4) is 0 Å². The molecule has 1 aliphatic rings. The Morgan fingerprint density at radius 3 is 1.91 bits per heavy atom. The van der Waals surface area contributed by atoms with E-state index in [-0.39, 0.29) is 0 Å². The van der Waals surface area contributed by atoms with Crippen LogP contribution >= 0.6 is 18.8 Å². The number of halogens is 2. The van der Waals surface area contributed by atoms with E-state index in [4.69, 9.17) is 13.3 Å². The molecule has 1 unspecified atom stereocenters. The summed E-state index contributed by atoms with van der Waals surface area (Å²) in [6.45, 7) is 1.97. The molecule has 4 nitrogen and oxygen atoms in total. The van der Waals surface area contributed by atoms with E-state index in [1.807, 2.05) is 0 Å². The molecule has 0 amide bonds. The summed E-state index contributed by atoms with van der Waals surface area (Å²) in [6, 6.07) is 0.644. The van der Waals surface area contributed by atoms with E-state index in [2.05, 4.69) is 24.2 Å². The van der Waals surface area contributed by atoms with Gasteiger partial charge in [-0.3, -0.25) is 0 Å². The average molecular weight is 386 g/mol. The van der Waals surface area contributed by atoms with Gasteiger partial charge in [0.25, 0.3) is 0 Å². The van der Waals surface area contributed by atoms with Crippen molar-refractivity contribution in [1.82, 2.24) is 5.32 Å². The molecule has 1 rings (SSSR count). The first-order valence-corrected chi connectivity index (χ1v) is 10.6. The first-order chi connectivity index (χ1) is 4.93. The van der Waals surface area contributed by atoms with Gasteiger partial charge >= 0.3 is 41.1 Å². The maximum atomic E-state index is 7.79. The standard InChI is InChI=1S/C4H10N2.2ClH.2H2O.Pt/c5-3-4-1-2-6-4;;;;;/h4,6H,1-3,5H2;2*1H;2*1H2;/q;;;;;+4/p-4. The Hall–Kier alpha value is 1.11. The quantitative estimate of drug-likeness (QED) is 0.494. The Morgan fingerprint density at radius 1 is 1.55 bits per heavy atom. The molecule has 0 aromatic carbocycles. The molecule has 0 bridgehead atoms. The van der Waals surface area contributed by atoms with Crippen LogP contribution in [0.5, 0.6) is 0 Å². The molecule has 0 spiro atoms. The van der Waals surface area contributed by atoms with Crippen LogP contribution in [-0.4, -0.2) is 26.7 Å². The Balaban J connectivity index is 0.000000187. The van der Waals surface area contributed by atoms with Crippen molar-refractivity contribution in [2.24, 2.45) is 5.73 Å². The van der Waals surface area contributed by atoms with Crippen LogP contribution in [0.4, 0.5) is 0 Å². The van der Waals surface area contributed by atoms with Crippen molar-refractivity contribution in [2.75, 3.05) is 13.1 Å². The second kappa shape index (κ2) is 5.70. The van der Waals surface area contributed by atoms with E-state index < -0.39 is 14.7 Å². The molecule has 0 aliphatic carbocycles. The molecular formula is C4H12Cl2N2O2Pt. The van der Waals surface area contributed by atoms with Crippen molar-refractivity contribution in [2.45, 2.75) is 12.5 Å². The van der Waals surface area contributed by atoms with Crippen molar-refractivity contribution in [3.05, 3.63) is 0 Å². The molecule has 1 heterocycles. The van der Waals surface area contributed by atoms with Gasteiger partial charge in [0, 0.05) is 12.6 Å². The van der Waals surface area contributed by atoms with E-state index in [0.29, 0.717) is 6.04 Å². The number of nitrogens with two attached hydrogens (primary N) is 1. The summed E-state index contributed by atoms with van der Waals surface area (Å²) in [5.41, 5.74) is 5.27. The van der Waals surface area contributed by atoms with Gasteiger partial charge in [-0.05, 0) is 13.0 Å². The van der Waals surface area contributed by atoms with Crippen LogP contribution in [-0.2, 0) is 14.7 Å². The van der Waals surface area contributed by atoms with Crippen molar-refractivity contribution >= 4 is 18.8 Å². The van der Waals surface area contributed by atoms with Gasteiger partial charge in [0.15, 0.2) is 0 Å². The molecule has 5 N–H and O–H groups in total. The number of nitrogens with one attached hydrogen (secondary N) is 1. The van der Waals surface area contributed by atoms with Gasteiger partial charge in [-0.25, -0.2) is 0 Å². The Bertz CT molecular complexity index is 98.0. The van der Waals surface area contributed by atoms with E-state index in [1.165, 1.54) is 13.0 Å². The molecule has 1 fully saturated rings. The maximum absolute atomic E-state index is 7.79. The Labute approximate surface area is 77.6 Å². The van der Waals surface area contributed by atoms with Gasteiger partial charge in [0.2, 0.25) is 0 Å². The van der Waals surface area contributed by atoms with Crippen LogP contribution in [0.3, 0.4) is 0 Å². The van der Waals surface area contributed by atoms with Crippen LogP contribution in [0.2, 0.25) is 0 Å². The van der Waals surface area contributed by atoms with E-state index >= 15 is 0 Å². The molecule has 0 saturated carbocycles. The zero-order chi connectivity index (χ0) is 8.91. The molecule has 74 valence electrons. The van der Waals surface area contributed by atoms with E-state index in [0.717, 1.165) is 6.54 Å². The SMILES string of the molecule is NCC1CCN1.[OH][Pt]([OH])([Cl])[Cl]. The fourth-order valence-electron chi connectivity index (χ4n) is 0.550. The van der Waals surface area contributed by atoms with E-state index in [1.54, 1.807) is 0 Å². The summed E-state index contributed by atoms with van der Waals surface area (Å²) >= 11 is -4.00. The average Bonchev–Trinajstić information content (AvgIpc) is 1.55. The second-order valence-electron chi connectivity index (χ2n) is 2.00. The molecule has 1 saturated heterocycles. The minimum absolute atomic E-state index is 0.644. The van der Waals surface area contributed by atoms with Crippen LogP contribution in [0, 0.1) is 0 Å². The van der Waals surface area contributed by atoms with Gasteiger partial charge in [-0.15, -0.1) is 0 Å². The summed E-state index contributed by atoms with van der Waals surface area (Å²) in [4.78, 5) is 0. The van der Waals surface area contributed by atoms with Gasteiger partial charge in [0.1, 0.15) is 0 Å². The minimum atomic E-state index is -4.00. The summed E-state index contributed by atoms with van der Waals surface area (Å²) < 4.78 is 15.6. The van der Waals surface area contributed by atoms with Crippen LogP contribution in [0.25, 0.3) is 0 Å². The fraction of sp³-hybridized carbons (Fsp3) is 1.00. The molecule has 0 aromatic rings. The van der Waals surface area contributed by atoms with Crippen LogP contribution in [0.1, 0.15) is 6.42 Å². The zero-order valence-electron chi connectivity index (χ0n) is 5.74. The monoisotopic (exact) mass is 385 g/mol. The van der Waals surface area contributed by atoms with Gasteiger partial charge in [0.05, 0.1) is 0 Å². The molecule has 11 heavy (non-hydrogen) atoms. The Morgan fingerprint density at radius 2 is 1.91 bits per heavy atom. The zero-order valence-corrected chi connectivity index (χ0v) is 9.53. The molecule has 0 aromatic heterocycles.